The highest BCUT2D eigenvalue weighted by molar-refractivity contribution is 5.70. The predicted octanol–water partition coefficient (Wildman–Crippen LogP) is 3.54. The normalized spacial score (nSPS) is 15.5. The number of anilines is 2. The lowest BCUT2D eigenvalue weighted by Gasteiger charge is -2.15. The van der Waals surface area contributed by atoms with Crippen LogP contribution in [0.15, 0.2) is 42.5 Å². The van der Waals surface area contributed by atoms with Crippen LogP contribution in [-0.4, -0.2) is 42.5 Å². The van der Waals surface area contributed by atoms with Crippen molar-refractivity contribution < 1.29 is 4.74 Å². The fourth-order valence-corrected chi connectivity index (χ4v) is 3.28. The highest BCUT2D eigenvalue weighted by Gasteiger charge is 2.25. The zero-order valence-corrected chi connectivity index (χ0v) is 15.5. The molecule has 0 radical (unpaired) electrons. The second-order valence-corrected chi connectivity index (χ2v) is 6.82. The summed E-state index contributed by atoms with van der Waals surface area (Å²) in [5.41, 5.74) is 4.28. The van der Waals surface area contributed by atoms with E-state index in [9.17, 15) is 0 Å². The zero-order chi connectivity index (χ0) is 18.3. The van der Waals surface area contributed by atoms with E-state index in [4.69, 9.17) is 4.74 Å². The summed E-state index contributed by atoms with van der Waals surface area (Å²) in [5, 5.41) is 12.5. The van der Waals surface area contributed by atoms with Gasteiger partial charge >= 0.3 is 0 Å². The van der Waals surface area contributed by atoms with Gasteiger partial charge in [0.1, 0.15) is 11.6 Å². The first kappa shape index (κ1) is 16.4. The summed E-state index contributed by atoms with van der Waals surface area (Å²) in [6, 6.07) is 14.4. The first-order valence-electron chi connectivity index (χ1n) is 8.74. The van der Waals surface area contributed by atoms with E-state index in [1.165, 1.54) is 0 Å². The maximum atomic E-state index is 5.38. The lowest BCUT2D eigenvalue weighted by molar-refractivity contribution is 0.415. The van der Waals surface area contributed by atoms with Crippen LogP contribution in [0.5, 0.6) is 5.75 Å². The molecule has 0 unspecified atom stereocenters. The number of ether oxygens (including phenoxy) is 1. The van der Waals surface area contributed by atoms with Crippen molar-refractivity contribution in [1.29, 1.82) is 0 Å². The third kappa shape index (κ3) is 2.67. The number of benzene rings is 2. The summed E-state index contributed by atoms with van der Waals surface area (Å²) in [6.45, 7) is 2.97. The molecule has 134 valence electrons. The zero-order valence-electron chi connectivity index (χ0n) is 15.5. The molecule has 0 saturated carbocycles. The maximum absolute atomic E-state index is 5.38. The van der Waals surface area contributed by atoms with Crippen LogP contribution < -0.4 is 15.0 Å². The molecule has 0 fully saturated rings. The SMILES string of the molecule is COc1ccc2c(c1)NC[C@@H](C)c1nnc(-c3ccc(N(C)C)cc3)n1-2. The van der Waals surface area contributed by atoms with Gasteiger partial charge in [0.25, 0.3) is 0 Å². The number of hydrogen-bond donors (Lipinski definition) is 1. The molecule has 6 heteroatoms. The lowest BCUT2D eigenvalue weighted by Crippen LogP contribution is -2.09. The maximum Gasteiger partial charge on any atom is 0.168 e. The van der Waals surface area contributed by atoms with Crippen molar-refractivity contribution >= 4 is 11.4 Å². The molecule has 1 aliphatic heterocycles. The van der Waals surface area contributed by atoms with Crippen LogP contribution in [0.25, 0.3) is 17.1 Å². The number of nitrogens with one attached hydrogen (secondary N) is 1. The van der Waals surface area contributed by atoms with Gasteiger partial charge in [0, 0.05) is 43.9 Å². The molecule has 4 rings (SSSR count). The van der Waals surface area contributed by atoms with Crippen molar-refractivity contribution in [2.45, 2.75) is 12.8 Å². The molecule has 6 nitrogen and oxygen atoms in total. The number of rotatable bonds is 3. The molecule has 1 aromatic heterocycles. The summed E-state index contributed by atoms with van der Waals surface area (Å²) in [5.74, 6) is 2.90. The summed E-state index contributed by atoms with van der Waals surface area (Å²) < 4.78 is 7.54. The second kappa shape index (κ2) is 6.37. The number of aromatic nitrogens is 3. The molecular formula is C20H23N5O. The first-order valence-corrected chi connectivity index (χ1v) is 8.74. The van der Waals surface area contributed by atoms with Gasteiger partial charge < -0.3 is 15.0 Å². The molecule has 2 heterocycles. The highest BCUT2D eigenvalue weighted by Crippen LogP contribution is 2.35. The van der Waals surface area contributed by atoms with E-state index < -0.39 is 0 Å². The lowest BCUT2D eigenvalue weighted by atomic mass is 10.1. The molecule has 0 amide bonds. The van der Waals surface area contributed by atoms with Crippen molar-refractivity contribution in [2.24, 2.45) is 0 Å². The Kier molecular flexibility index (Phi) is 4.03. The van der Waals surface area contributed by atoms with Crippen molar-refractivity contribution in [3.05, 3.63) is 48.3 Å². The minimum Gasteiger partial charge on any atom is -0.497 e. The van der Waals surface area contributed by atoms with Gasteiger partial charge in [-0.2, -0.15) is 0 Å². The Balaban J connectivity index is 1.87. The Morgan fingerprint density at radius 3 is 2.58 bits per heavy atom. The van der Waals surface area contributed by atoms with Gasteiger partial charge in [0.15, 0.2) is 5.82 Å². The molecular weight excluding hydrogens is 326 g/mol. The fraction of sp³-hybridized carbons (Fsp3) is 0.300. The van der Waals surface area contributed by atoms with Gasteiger partial charge in [0.2, 0.25) is 0 Å². The van der Waals surface area contributed by atoms with Crippen LogP contribution >= 0.6 is 0 Å². The number of nitrogens with zero attached hydrogens (tertiary/aromatic N) is 4. The van der Waals surface area contributed by atoms with E-state index in [0.717, 1.165) is 46.6 Å². The van der Waals surface area contributed by atoms with Crippen LogP contribution in [0.4, 0.5) is 11.4 Å². The average Bonchev–Trinajstić information content (AvgIpc) is 3.05. The molecule has 3 aromatic rings. The Morgan fingerprint density at radius 2 is 1.88 bits per heavy atom. The van der Waals surface area contributed by atoms with Gasteiger partial charge in [-0.1, -0.05) is 6.92 Å². The van der Waals surface area contributed by atoms with E-state index >= 15 is 0 Å². The largest absolute Gasteiger partial charge is 0.497 e. The van der Waals surface area contributed by atoms with Gasteiger partial charge in [-0.3, -0.25) is 4.57 Å². The Bertz CT molecular complexity index is 930. The summed E-state index contributed by atoms with van der Waals surface area (Å²) >= 11 is 0. The third-order valence-corrected chi connectivity index (χ3v) is 4.81. The van der Waals surface area contributed by atoms with Crippen molar-refractivity contribution in [1.82, 2.24) is 14.8 Å². The molecule has 0 aliphatic carbocycles. The molecule has 1 N–H and O–H groups in total. The molecule has 0 spiro atoms. The molecule has 0 bridgehead atoms. The summed E-state index contributed by atoms with van der Waals surface area (Å²) in [6.07, 6.45) is 0. The molecule has 2 aromatic carbocycles. The topological polar surface area (TPSA) is 55.2 Å². The minimum atomic E-state index is 0.246. The van der Waals surface area contributed by atoms with Crippen molar-refractivity contribution in [2.75, 3.05) is 38.0 Å². The molecule has 1 atom stereocenters. The quantitative estimate of drug-likeness (QED) is 0.784. The fourth-order valence-electron chi connectivity index (χ4n) is 3.28. The van der Waals surface area contributed by atoms with E-state index in [0.29, 0.717) is 0 Å². The van der Waals surface area contributed by atoms with Crippen LogP contribution in [0.3, 0.4) is 0 Å². The highest BCUT2D eigenvalue weighted by atomic mass is 16.5. The Morgan fingerprint density at radius 1 is 1.12 bits per heavy atom. The van der Waals surface area contributed by atoms with E-state index in [-0.39, 0.29) is 5.92 Å². The predicted molar refractivity (Wildman–Crippen MR) is 105 cm³/mol. The summed E-state index contributed by atoms with van der Waals surface area (Å²) in [7, 11) is 5.76. The number of methoxy groups -OCH3 is 1. The van der Waals surface area contributed by atoms with Crippen molar-refractivity contribution in [3.8, 4) is 22.8 Å². The van der Waals surface area contributed by atoms with Gasteiger partial charge in [-0.05, 0) is 36.4 Å². The minimum absolute atomic E-state index is 0.246. The third-order valence-electron chi connectivity index (χ3n) is 4.81. The smallest absolute Gasteiger partial charge is 0.168 e. The van der Waals surface area contributed by atoms with Crippen LogP contribution in [0, 0.1) is 0 Å². The number of hydrogen-bond acceptors (Lipinski definition) is 5. The van der Waals surface area contributed by atoms with Crippen LogP contribution in [0.1, 0.15) is 18.7 Å². The van der Waals surface area contributed by atoms with E-state index in [1.807, 2.05) is 26.2 Å². The first-order chi connectivity index (χ1) is 12.6. The summed E-state index contributed by atoms with van der Waals surface area (Å²) in [4.78, 5) is 2.08. The standard InChI is InChI=1S/C20H23N5O/c1-13-12-21-17-11-16(26-4)9-10-18(17)25-19(13)22-23-20(25)14-5-7-15(8-6-14)24(2)3/h5-11,13,21H,12H2,1-4H3/t13-/m1/s1. The Labute approximate surface area is 153 Å². The van der Waals surface area contributed by atoms with Gasteiger partial charge in [-0.15, -0.1) is 10.2 Å². The monoisotopic (exact) mass is 349 g/mol. The van der Waals surface area contributed by atoms with E-state index in [1.54, 1.807) is 7.11 Å². The average molecular weight is 349 g/mol. The molecule has 0 saturated heterocycles. The molecule has 26 heavy (non-hydrogen) atoms. The van der Waals surface area contributed by atoms with Crippen molar-refractivity contribution in [3.63, 3.8) is 0 Å². The Hall–Kier alpha value is -3.02. The van der Waals surface area contributed by atoms with Crippen LogP contribution in [0.2, 0.25) is 0 Å². The van der Waals surface area contributed by atoms with E-state index in [2.05, 4.69) is 62.2 Å². The van der Waals surface area contributed by atoms with Gasteiger partial charge in [0.05, 0.1) is 18.5 Å². The molecule has 1 aliphatic rings. The number of fused-ring (bicyclic) bond motifs is 3. The second-order valence-electron chi connectivity index (χ2n) is 6.82. The van der Waals surface area contributed by atoms with Gasteiger partial charge in [-0.25, -0.2) is 0 Å². The van der Waals surface area contributed by atoms with Crippen LogP contribution in [-0.2, 0) is 0 Å².